The van der Waals surface area contributed by atoms with E-state index in [-0.39, 0.29) is 36.8 Å². The normalized spacial score (nSPS) is 19.6. The molecule has 210 valence electrons. The molecule has 1 aliphatic rings. The number of hydrogen-bond donors (Lipinski definition) is 3. The molecule has 1 unspecified atom stereocenters. The van der Waals surface area contributed by atoms with Crippen LogP contribution in [0.3, 0.4) is 0 Å². The van der Waals surface area contributed by atoms with E-state index in [1.165, 1.54) is 24.3 Å². The maximum absolute atomic E-state index is 13.2. The van der Waals surface area contributed by atoms with Crippen molar-refractivity contribution in [3.63, 3.8) is 0 Å². The molecular formula is C23H25F6N3O5S. The van der Waals surface area contributed by atoms with Crippen LogP contribution in [0.5, 0.6) is 5.88 Å². The summed E-state index contributed by atoms with van der Waals surface area (Å²) in [4.78, 5) is 16.0. The van der Waals surface area contributed by atoms with Crippen LogP contribution in [-0.2, 0) is 27.6 Å². The van der Waals surface area contributed by atoms with Gasteiger partial charge >= 0.3 is 12.4 Å². The Hall–Kier alpha value is -3.07. The smallest absolute Gasteiger partial charge is 0.433 e. The van der Waals surface area contributed by atoms with Gasteiger partial charge in [0.2, 0.25) is 11.8 Å². The third kappa shape index (κ3) is 7.96. The number of carbonyl (C=O) groups excluding carboxylic acids is 1. The molecule has 1 amide bonds. The second kappa shape index (κ2) is 11.4. The number of nitrogens with zero attached hydrogens (tertiary/aromatic N) is 1. The molecule has 3 rings (SSSR count). The van der Waals surface area contributed by atoms with E-state index >= 15 is 0 Å². The van der Waals surface area contributed by atoms with Gasteiger partial charge in [0.1, 0.15) is 17.0 Å². The number of alkyl halides is 6. The highest BCUT2D eigenvalue weighted by Gasteiger charge is 2.42. The molecule has 0 aliphatic heterocycles. The van der Waals surface area contributed by atoms with Gasteiger partial charge in [0.25, 0.3) is 10.1 Å². The van der Waals surface area contributed by atoms with Gasteiger partial charge < -0.3 is 15.8 Å². The summed E-state index contributed by atoms with van der Waals surface area (Å²) >= 11 is 0. The Balaban J connectivity index is 1.73. The zero-order chi connectivity index (χ0) is 28.3. The summed E-state index contributed by atoms with van der Waals surface area (Å²) < 4.78 is 117. The fraction of sp³-hybridized carbons (Fsp3) is 0.478. The molecule has 1 aliphatic carbocycles. The van der Waals surface area contributed by atoms with Gasteiger partial charge in [-0.3, -0.25) is 9.35 Å². The second-order valence-electron chi connectivity index (χ2n) is 8.94. The molecule has 4 N–H and O–H groups in total. The lowest BCUT2D eigenvalue weighted by molar-refractivity contribution is -0.185. The van der Waals surface area contributed by atoms with Gasteiger partial charge in [-0.15, -0.1) is 0 Å². The second-order valence-corrected chi connectivity index (χ2v) is 10.5. The van der Waals surface area contributed by atoms with E-state index in [0.717, 1.165) is 6.07 Å². The van der Waals surface area contributed by atoms with Gasteiger partial charge in [-0.25, -0.2) is 4.98 Å². The molecule has 1 heterocycles. The van der Waals surface area contributed by atoms with E-state index in [4.69, 9.17) is 10.5 Å². The molecule has 8 nitrogen and oxygen atoms in total. The Kier molecular flexibility index (Phi) is 8.81. The molecular weight excluding hydrogens is 544 g/mol. The fourth-order valence-electron chi connectivity index (χ4n) is 4.07. The molecule has 0 saturated heterocycles. The molecule has 0 radical (unpaired) electrons. The quantitative estimate of drug-likeness (QED) is 0.236. The highest BCUT2D eigenvalue weighted by atomic mass is 32.2. The van der Waals surface area contributed by atoms with Crippen molar-refractivity contribution < 1.29 is 48.8 Å². The summed E-state index contributed by atoms with van der Waals surface area (Å²) in [6.07, 6.45) is -11.3. The van der Waals surface area contributed by atoms with Gasteiger partial charge in [-0.05, 0) is 55.5 Å². The minimum atomic E-state index is -4.82. The third-order valence-corrected chi connectivity index (χ3v) is 7.32. The van der Waals surface area contributed by atoms with Crippen LogP contribution in [0.15, 0.2) is 36.4 Å². The van der Waals surface area contributed by atoms with Crippen molar-refractivity contribution in [1.29, 1.82) is 0 Å². The summed E-state index contributed by atoms with van der Waals surface area (Å²) in [5.41, 5.74) is 4.68. The van der Waals surface area contributed by atoms with Crippen LogP contribution in [0.4, 0.5) is 32.0 Å². The molecule has 0 bridgehead atoms. The van der Waals surface area contributed by atoms with Gasteiger partial charge in [0.05, 0.1) is 5.92 Å². The first-order chi connectivity index (χ1) is 17.5. The van der Waals surface area contributed by atoms with Crippen LogP contribution in [0.2, 0.25) is 0 Å². The lowest BCUT2D eigenvalue weighted by Gasteiger charge is -2.30. The van der Waals surface area contributed by atoms with Crippen molar-refractivity contribution in [1.82, 2.24) is 10.3 Å². The van der Waals surface area contributed by atoms with Crippen LogP contribution >= 0.6 is 0 Å². The topological polar surface area (TPSA) is 132 Å². The highest BCUT2D eigenvalue weighted by Crippen LogP contribution is 2.39. The molecule has 2 aromatic rings. The Morgan fingerprint density at radius 1 is 1.05 bits per heavy atom. The number of halogens is 6. The Labute approximate surface area is 214 Å². The number of amides is 1. The van der Waals surface area contributed by atoms with Crippen LogP contribution in [-0.4, -0.2) is 36.1 Å². The molecule has 1 aromatic carbocycles. The number of nitrogen functional groups attached to an aromatic ring is 1. The van der Waals surface area contributed by atoms with Crippen molar-refractivity contribution in [2.75, 3.05) is 5.73 Å². The minimum absolute atomic E-state index is 0.000171. The number of nitrogens with two attached hydrogens (primary N) is 1. The van der Waals surface area contributed by atoms with E-state index in [1.807, 2.05) is 0 Å². The molecule has 1 aromatic heterocycles. The monoisotopic (exact) mass is 569 g/mol. The van der Waals surface area contributed by atoms with Crippen LogP contribution in [0, 0.1) is 5.92 Å². The van der Waals surface area contributed by atoms with Gasteiger partial charge in [0.15, 0.2) is 0 Å². The van der Waals surface area contributed by atoms with Crippen molar-refractivity contribution >= 4 is 21.7 Å². The summed E-state index contributed by atoms with van der Waals surface area (Å²) in [6, 6.07) is 7.06. The average Bonchev–Trinajstić information content (AvgIpc) is 2.81. The van der Waals surface area contributed by atoms with Crippen molar-refractivity contribution in [2.24, 2.45) is 5.92 Å². The summed E-state index contributed by atoms with van der Waals surface area (Å²) in [5, 5.41) is 0.725. The molecule has 1 saturated carbocycles. The van der Waals surface area contributed by atoms with E-state index in [9.17, 15) is 44.1 Å². The average molecular weight is 570 g/mol. The minimum Gasteiger partial charge on any atom is -0.474 e. The lowest BCUT2D eigenvalue weighted by Crippen LogP contribution is -2.32. The lowest BCUT2D eigenvalue weighted by atomic mass is 9.87. The predicted molar refractivity (Wildman–Crippen MR) is 123 cm³/mol. The molecule has 38 heavy (non-hydrogen) atoms. The van der Waals surface area contributed by atoms with Gasteiger partial charge in [0, 0.05) is 24.2 Å². The fourth-order valence-corrected chi connectivity index (χ4v) is 4.93. The number of ether oxygens (including phenoxy) is 1. The number of pyridine rings is 1. The molecule has 15 heteroatoms. The first-order valence-corrected chi connectivity index (χ1v) is 12.9. The zero-order valence-corrected chi connectivity index (χ0v) is 20.5. The Bertz CT molecular complexity index is 1230. The number of nitrogens with one attached hydrogen (secondary N) is 1. The number of anilines is 1. The van der Waals surface area contributed by atoms with Crippen LogP contribution in [0.1, 0.15) is 54.2 Å². The SMILES string of the molecule is Nc1ccc(C(CC(=O)NCc2ccc(C(F)(F)F)nc2OC2CCC(C(F)(F)F)CC2)S(=O)(=O)O)cc1. The van der Waals surface area contributed by atoms with Gasteiger partial charge in [-0.2, -0.15) is 34.8 Å². The number of hydrogen-bond acceptors (Lipinski definition) is 6. The van der Waals surface area contributed by atoms with Crippen LogP contribution < -0.4 is 15.8 Å². The molecule has 1 fully saturated rings. The largest absolute Gasteiger partial charge is 0.474 e. The van der Waals surface area contributed by atoms with Crippen molar-refractivity contribution in [2.45, 2.75) is 62.4 Å². The van der Waals surface area contributed by atoms with Gasteiger partial charge in [-0.1, -0.05) is 12.1 Å². The summed E-state index contributed by atoms with van der Waals surface area (Å²) in [6.45, 7) is -0.420. The van der Waals surface area contributed by atoms with Crippen molar-refractivity contribution in [3.05, 3.63) is 53.2 Å². The number of aromatic nitrogens is 1. The Morgan fingerprint density at radius 3 is 2.18 bits per heavy atom. The summed E-state index contributed by atoms with van der Waals surface area (Å²) in [7, 11) is -4.72. The number of carbonyl (C=O) groups is 1. The Morgan fingerprint density at radius 2 is 1.66 bits per heavy atom. The maximum Gasteiger partial charge on any atom is 0.433 e. The first kappa shape index (κ1) is 29.5. The first-order valence-electron chi connectivity index (χ1n) is 11.4. The van der Waals surface area contributed by atoms with E-state index in [0.29, 0.717) is 11.8 Å². The molecule has 0 spiro atoms. The number of benzene rings is 1. The van der Waals surface area contributed by atoms with E-state index < -0.39 is 70.2 Å². The third-order valence-electron chi connectivity index (χ3n) is 6.16. The van der Waals surface area contributed by atoms with E-state index in [1.54, 1.807) is 0 Å². The highest BCUT2D eigenvalue weighted by molar-refractivity contribution is 7.86. The standard InChI is InChI=1S/C23H25F6N3O5S/c24-22(25,26)15-4-8-17(9-5-15)37-21-14(3-10-19(32-21)23(27,28)29)12-31-20(33)11-18(38(34,35)36)13-1-6-16(30)7-2-13/h1-3,6-7,10,15,17-18H,4-5,8-9,11-12,30H2,(H,31,33)(H,34,35,36). The van der Waals surface area contributed by atoms with Crippen LogP contribution in [0.25, 0.3) is 0 Å². The number of rotatable bonds is 8. The predicted octanol–water partition coefficient (Wildman–Crippen LogP) is 4.82. The molecule has 1 atom stereocenters. The zero-order valence-electron chi connectivity index (χ0n) is 19.7. The van der Waals surface area contributed by atoms with Crippen molar-refractivity contribution in [3.8, 4) is 5.88 Å². The van der Waals surface area contributed by atoms with E-state index in [2.05, 4.69) is 10.3 Å². The summed E-state index contributed by atoms with van der Waals surface area (Å²) in [5.74, 6) is -2.88. The maximum atomic E-state index is 13.2.